The molecule has 0 radical (unpaired) electrons. The first-order valence-corrected chi connectivity index (χ1v) is 11.2. The summed E-state index contributed by atoms with van der Waals surface area (Å²) in [5.74, 6) is -0.288. The molecule has 1 aliphatic carbocycles. The first-order chi connectivity index (χ1) is 15.9. The van der Waals surface area contributed by atoms with E-state index < -0.39 is 0 Å². The monoisotopic (exact) mass is 463 g/mol. The molecule has 1 aliphatic rings. The molecule has 8 heteroatoms. The topological polar surface area (TPSA) is 88.1 Å². The molecule has 0 aliphatic heterocycles. The largest absolute Gasteiger partial charge is 0.335 e. The summed E-state index contributed by atoms with van der Waals surface area (Å²) >= 11 is 6.53. The highest BCUT2D eigenvalue weighted by atomic mass is 35.5. The Balaban J connectivity index is 1.34. The van der Waals surface area contributed by atoms with Gasteiger partial charge in [0.2, 0.25) is 5.91 Å². The highest BCUT2D eigenvalue weighted by Crippen LogP contribution is 2.23. The van der Waals surface area contributed by atoms with Crippen LogP contribution in [0.25, 0.3) is 6.08 Å². The van der Waals surface area contributed by atoms with Crippen LogP contribution in [-0.4, -0.2) is 27.8 Å². The first-order valence-electron chi connectivity index (χ1n) is 10.8. The number of aryl methyl sites for hydroxylation is 2. The molecule has 1 saturated carbocycles. The maximum Gasteiger partial charge on any atom is 0.319 e. The molecule has 0 atom stereocenters. The van der Waals surface area contributed by atoms with Gasteiger partial charge in [-0.15, -0.1) is 0 Å². The van der Waals surface area contributed by atoms with Crippen LogP contribution in [0.1, 0.15) is 35.2 Å². The molecule has 0 spiro atoms. The van der Waals surface area contributed by atoms with Gasteiger partial charge in [-0.25, -0.2) is 9.48 Å². The molecule has 7 nitrogen and oxygen atoms in total. The van der Waals surface area contributed by atoms with E-state index in [0.29, 0.717) is 34.7 Å². The number of carbonyl (C=O) groups excluding carboxylic acids is 2. The van der Waals surface area contributed by atoms with Gasteiger partial charge in [-0.2, -0.15) is 5.10 Å². The van der Waals surface area contributed by atoms with Gasteiger partial charge in [-0.1, -0.05) is 41.4 Å². The number of halogens is 1. The fraction of sp³-hybridized carbons (Fsp3) is 0.240. The van der Waals surface area contributed by atoms with Gasteiger partial charge in [0.05, 0.1) is 12.2 Å². The predicted octanol–water partition coefficient (Wildman–Crippen LogP) is 5.14. The average Bonchev–Trinajstić information content (AvgIpc) is 3.55. The Hall–Kier alpha value is -3.58. The minimum atomic E-state index is -0.288. The minimum Gasteiger partial charge on any atom is -0.335 e. The summed E-state index contributed by atoms with van der Waals surface area (Å²) in [7, 11) is 0. The van der Waals surface area contributed by atoms with Gasteiger partial charge in [0.25, 0.3) is 0 Å². The SMILES string of the molecule is Cc1ccc(Cn2nc(C)c(/C=C/C(=O)Nc3ccc(NC(=O)NC4CC4)cc3)c2Cl)cc1. The van der Waals surface area contributed by atoms with Crippen molar-refractivity contribution in [3.63, 3.8) is 0 Å². The first kappa shape index (κ1) is 22.6. The van der Waals surface area contributed by atoms with Gasteiger partial charge >= 0.3 is 6.03 Å². The van der Waals surface area contributed by atoms with Crippen LogP contribution >= 0.6 is 11.6 Å². The quantitative estimate of drug-likeness (QED) is 0.424. The van der Waals surface area contributed by atoms with Crippen molar-refractivity contribution in [2.24, 2.45) is 0 Å². The van der Waals surface area contributed by atoms with Crippen molar-refractivity contribution in [2.75, 3.05) is 10.6 Å². The molecule has 4 rings (SSSR count). The minimum absolute atomic E-state index is 0.215. The number of hydrogen-bond acceptors (Lipinski definition) is 3. The zero-order chi connectivity index (χ0) is 23.4. The zero-order valence-corrected chi connectivity index (χ0v) is 19.3. The molecule has 33 heavy (non-hydrogen) atoms. The van der Waals surface area contributed by atoms with Crippen molar-refractivity contribution in [1.29, 1.82) is 0 Å². The van der Waals surface area contributed by atoms with Crippen LogP contribution in [-0.2, 0) is 11.3 Å². The molecule has 2 aromatic carbocycles. The lowest BCUT2D eigenvalue weighted by atomic mass is 10.1. The Kier molecular flexibility index (Phi) is 6.79. The number of nitrogens with zero attached hydrogens (tertiary/aromatic N) is 2. The van der Waals surface area contributed by atoms with E-state index in [0.717, 1.165) is 24.1 Å². The van der Waals surface area contributed by atoms with E-state index in [1.165, 1.54) is 11.6 Å². The second kappa shape index (κ2) is 9.92. The second-order valence-electron chi connectivity index (χ2n) is 8.21. The maximum absolute atomic E-state index is 12.4. The van der Waals surface area contributed by atoms with Crippen LogP contribution in [0.5, 0.6) is 0 Å². The third-order valence-electron chi connectivity index (χ3n) is 5.29. The van der Waals surface area contributed by atoms with Crippen LogP contribution in [0, 0.1) is 13.8 Å². The molecule has 1 fully saturated rings. The summed E-state index contributed by atoms with van der Waals surface area (Å²) in [6.07, 6.45) is 5.17. The molecular formula is C25H26ClN5O2. The number of amides is 3. The molecule has 3 aromatic rings. The van der Waals surface area contributed by atoms with Crippen LogP contribution in [0.15, 0.2) is 54.6 Å². The van der Waals surface area contributed by atoms with Crippen molar-refractivity contribution >= 4 is 41.0 Å². The van der Waals surface area contributed by atoms with Crippen molar-refractivity contribution in [2.45, 2.75) is 39.3 Å². The number of benzene rings is 2. The molecule has 170 valence electrons. The van der Waals surface area contributed by atoms with Crippen molar-refractivity contribution in [3.05, 3.63) is 82.1 Å². The van der Waals surface area contributed by atoms with Gasteiger partial charge in [0, 0.05) is 29.1 Å². The molecule has 0 bridgehead atoms. The highest BCUT2D eigenvalue weighted by Gasteiger charge is 2.23. The Morgan fingerprint density at radius 3 is 2.30 bits per heavy atom. The summed E-state index contributed by atoms with van der Waals surface area (Å²) < 4.78 is 1.73. The van der Waals surface area contributed by atoms with Gasteiger partial charge in [0.1, 0.15) is 5.15 Å². The van der Waals surface area contributed by atoms with E-state index in [1.54, 1.807) is 35.0 Å². The third-order valence-corrected chi connectivity index (χ3v) is 5.69. The summed E-state index contributed by atoms with van der Waals surface area (Å²) in [5, 5.41) is 13.4. The fourth-order valence-electron chi connectivity index (χ4n) is 3.29. The van der Waals surface area contributed by atoms with Crippen LogP contribution < -0.4 is 16.0 Å². The summed E-state index contributed by atoms with van der Waals surface area (Å²) in [6, 6.07) is 15.2. The van der Waals surface area contributed by atoms with Crippen LogP contribution in [0.3, 0.4) is 0 Å². The van der Waals surface area contributed by atoms with Crippen LogP contribution in [0.2, 0.25) is 5.15 Å². The second-order valence-corrected chi connectivity index (χ2v) is 8.56. The molecule has 3 amide bonds. The normalized spacial score (nSPS) is 13.2. The molecule has 1 heterocycles. The number of urea groups is 1. The van der Waals surface area contributed by atoms with E-state index in [9.17, 15) is 9.59 Å². The number of carbonyl (C=O) groups is 2. The number of nitrogens with one attached hydrogen (secondary N) is 3. The molecule has 0 unspecified atom stereocenters. The maximum atomic E-state index is 12.4. The number of hydrogen-bond donors (Lipinski definition) is 3. The van der Waals surface area contributed by atoms with E-state index >= 15 is 0 Å². The Morgan fingerprint density at radius 2 is 1.67 bits per heavy atom. The average molecular weight is 464 g/mol. The van der Waals surface area contributed by atoms with Crippen molar-refractivity contribution < 1.29 is 9.59 Å². The lowest BCUT2D eigenvalue weighted by Gasteiger charge is -2.08. The van der Waals surface area contributed by atoms with E-state index in [-0.39, 0.29) is 11.9 Å². The molecule has 1 aromatic heterocycles. The highest BCUT2D eigenvalue weighted by molar-refractivity contribution is 6.31. The number of rotatable bonds is 7. The molecule has 3 N–H and O–H groups in total. The number of anilines is 2. The molecule has 0 saturated heterocycles. The van der Waals surface area contributed by atoms with Crippen molar-refractivity contribution in [1.82, 2.24) is 15.1 Å². The van der Waals surface area contributed by atoms with Crippen LogP contribution in [0.4, 0.5) is 16.2 Å². The lowest BCUT2D eigenvalue weighted by molar-refractivity contribution is -0.111. The lowest BCUT2D eigenvalue weighted by Crippen LogP contribution is -2.30. The molecular weight excluding hydrogens is 438 g/mol. The summed E-state index contributed by atoms with van der Waals surface area (Å²) in [5.41, 5.74) is 5.03. The Labute approximate surface area is 197 Å². The van der Waals surface area contributed by atoms with Gasteiger partial charge < -0.3 is 16.0 Å². The predicted molar refractivity (Wildman–Crippen MR) is 132 cm³/mol. The van der Waals surface area contributed by atoms with E-state index in [4.69, 9.17) is 11.6 Å². The van der Waals surface area contributed by atoms with E-state index in [2.05, 4.69) is 33.2 Å². The van der Waals surface area contributed by atoms with E-state index in [1.807, 2.05) is 26.0 Å². The Morgan fingerprint density at radius 1 is 1.03 bits per heavy atom. The van der Waals surface area contributed by atoms with Crippen molar-refractivity contribution in [3.8, 4) is 0 Å². The third kappa shape index (κ3) is 6.23. The standard InChI is InChI=1S/C25H26ClN5O2/c1-16-3-5-18(6-4-16)15-31-24(26)22(17(2)30-31)13-14-23(32)27-19-7-9-20(10-8-19)28-25(33)29-21-11-12-21/h3-10,13-14,21H,11-12,15H2,1-2H3,(H,27,32)(H2,28,29,33)/b14-13+. The smallest absolute Gasteiger partial charge is 0.319 e. The summed E-state index contributed by atoms with van der Waals surface area (Å²) in [6.45, 7) is 4.46. The zero-order valence-electron chi connectivity index (χ0n) is 18.6. The number of aromatic nitrogens is 2. The van der Waals surface area contributed by atoms with Gasteiger partial charge in [-0.3, -0.25) is 4.79 Å². The Bertz CT molecular complexity index is 1180. The summed E-state index contributed by atoms with van der Waals surface area (Å²) in [4.78, 5) is 24.2. The fourth-order valence-corrected chi connectivity index (χ4v) is 3.59. The van der Waals surface area contributed by atoms with Gasteiger partial charge in [-0.05, 0) is 62.6 Å². The van der Waals surface area contributed by atoms with Gasteiger partial charge in [0.15, 0.2) is 0 Å².